The van der Waals surface area contributed by atoms with Gasteiger partial charge in [-0.3, -0.25) is 4.79 Å². The molecule has 0 aliphatic carbocycles. The molecule has 0 bridgehead atoms. The first kappa shape index (κ1) is 18.5. The van der Waals surface area contributed by atoms with Crippen LogP contribution < -0.4 is 5.32 Å². The van der Waals surface area contributed by atoms with Gasteiger partial charge >= 0.3 is 0 Å². The summed E-state index contributed by atoms with van der Waals surface area (Å²) in [6, 6.07) is 2.92. The average Bonchev–Trinajstić information content (AvgIpc) is 2.51. The molecule has 2 atom stereocenters. The van der Waals surface area contributed by atoms with Gasteiger partial charge in [0, 0.05) is 12.7 Å². The number of carbonyl (C=O) groups is 1. The minimum atomic E-state index is -0.721. The number of nitrogens with one attached hydrogen (secondary N) is 1. The third-order valence-corrected chi connectivity index (χ3v) is 3.81. The van der Waals surface area contributed by atoms with E-state index in [1.54, 1.807) is 0 Å². The molecule has 1 heterocycles. The Balaban J connectivity index is 1.91. The first-order valence-corrected chi connectivity index (χ1v) is 8.01. The molecular weight excluding hydrogens is 316 g/mol. The van der Waals surface area contributed by atoms with Crippen LogP contribution in [0.25, 0.3) is 0 Å². The Kier molecular flexibility index (Phi) is 6.87. The van der Waals surface area contributed by atoms with Crippen LogP contribution in [0.3, 0.4) is 0 Å². The van der Waals surface area contributed by atoms with Crippen LogP contribution in [-0.4, -0.2) is 37.9 Å². The van der Waals surface area contributed by atoms with Crippen molar-refractivity contribution < 1.29 is 23.0 Å². The standard InChI is InChI=1S/C18H23F2NO3/c1-12(2)5-8-24-17-6-7-23-11-16(17)21-18(22)9-13-3-4-14(19)10-15(13)20/h3-5,10,16-17H,6-9,11H2,1-2H3,(H,21,22)/t16-,17+/m0/s1. The van der Waals surface area contributed by atoms with E-state index in [4.69, 9.17) is 9.47 Å². The van der Waals surface area contributed by atoms with Gasteiger partial charge in [-0.15, -0.1) is 0 Å². The highest BCUT2D eigenvalue weighted by Crippen LogP contribution is 2.14. The molecule has 0 spiro atoms. The van der Waals surface area contributed by atoms with Crippen LogP contribution in [0.5, 0.6) is 0 Å². The molecule has 1 aliphatic rings. The summed E-state index contributed by atoms with van der Waals surface area (Å²) in [5.41, 5.74) is 1.32. The zero-order valence-corrected chi connectivity index (χ0v) is 14.0. The molecule has 1 aromatic carbocycles. The quantitative estimate of drug-likeness (QED) is 0.811. The van der Waals surface area contributed by atoms with Crippen molar-refractivity contribution in [3.63, 3.8) is 0 Å². The van der Waals surface area contributed by atoms with E-state index >= 15 is 0 Å². The maximum Gasteiger partial charge on any atom is 0.224 e. The lowest BCUT2D eigenvalue weighted by Gasteiger charge is -2.32. The van der Waals surface area contributed by atoms with Gasteiger partial charge in [0.05, 0.1) is 31.8 Å². The fraction of sp³-hybridized carbons (Fsp3) is 0.500. The summed E-state index contributed by atoms with van der Waals surface area (Å²) in [5, 5.41) is 2.83. The number of hydrogen-bond acceptors (Lipinski definition) is 3. The Labute approximate surface area is 140 Å². The van der Waals surface area contributed by atoms with Gasteiger partial charge in [0.2, 0.25) is 5.91 Å². The molecule has 0 aromatic heterocycles. The van der Waals surface area contributed by atoms with Crippen molar-refractivity contribution in [1.82, 2.24) is 5.32 Å². The van der Waals surface area contributed by atoms with E-state index in [0.717, 1.165) is 17.7 Å². The van der Waals surface area contributed by atoms with Crippen LogP contribution in [0.15, 0.2) is 29.8 Å². The minimum Gasteiger partial charge on any atom is -0.379 e. The molecule has 1 aliphatic heterocycles. The number of ether oxygens (including phenoxy) is 2. The van der Waals surface area contributed by atoms with E-state index in [1.165, 1.54) is 6.07 Å². The molecule has 0 saturated carbocycles. The second-order valence-electron chi connectivity index (χ2n) is 6.10. The maximum atomic E-state index is 13.6. The molecule has 1 aromatic rings. The van der Waals surface area contributed by atoms with Crippen molar-refractivity contribution in [3.8, 4) is 0 Å². The normalized spacial score (nSPS) is 20.5. The summed E-state index contributed by atoms with van der Waals surface area (Å²) < 4.78 is 37.7. The summed E-state index contributed by atoms with van der Waals surface area (Å²) in [6.45, 7) is 5.40. The molecule has 2 rings (SSSR count). The van der Waals surface area contributed by atoms with Gasteiger partial charge in [-0.25, -0.2) is 8.78 Å². The Morgan fingerprint density at radius 3 is 2.92 bits per heavy atom. The van der Waals surface area contributed by atoms with E-state index in [-0.39, 0.29) is 30.0 Å². The van der Waals surface area contributed by atoms with Crippen LogP contribution in [0, 0.1) is 11.6 Å². The van der Waals surface area contributed by atoms with E-state index < -0.39 is 11.6 Å². The average molecular weight is 339 g/mol. The summed E-state index contributed by atoms with van der Waals surface area (Å²) in [6.07, 6.45) is 2.37. The van der Waals surface area contributed by atoms with Crippen molar-refractivity contribution >= 4 is 5.91 Å². The molecule has 24 heavy (non-hydrogen) atoms. The topological polar surface area (TPSA) is 47.6 Å². The molecule has 4 nitrogen and oxygen atoms in total. The van der Waals surface area contributed by atoms with Gasteiger partial charge in [-0.05, 0) is 31.9 Å². The van der Waals surface area contributed by atoms with Crippen molar-refractivity contribution in [2.75, 3.05) is 19.8 Å². The zero-order chi connectivity index (χ0) is 17.5. The monoisotopic (exact) mass is 339 g/mol. The van der Waals surface area contributed by atoms with Crippen LogP contribution in [-0.2, 0) is 20.7 Å². The predicted octanol–water partition coefficient (Wildman–Crippen LogP) is 2.76. The smallest absolute Gasteiger partial charge is 0.224 e. The van der Waals surface area contributed by atoms with Gasteiger partial charge < -0.3 is 14.8 Å². The first-order valence-electron chi connectivity index (χ1n) is 8.01. The molecule has 1 N–H and O–H groups in total. The molecule has 6 heteroatoms. The lowest BCUT2D eigenvalue weighted by atomic mass is 10.1. The van der Waals surface area contributed by atoms with Crippen LogP contribution >= 0.6 is 0 Å². The van der Waals surface area contributed by atoms with E-state index in [2.05, 4.69) is 5.32 Å². The van der Waals surface area contributed by atoms with Gasteiger partial charge in [0.15, 0.2) is 0 Å². The zero-order valence-electron chi connectivity index (χ0n) is 14.0. The van der Waals surface area contributed by atoms with Gasteiger partial charge in [0.25, 0.3) is 0 Å². The van der Waals surface area contributed by atoms with E-state index in [9.17, 15) is 13.6 Å². The highest BCUT2D eigenvalue weighted by Gasteiger charge is 2.27. The SMILES string of the molecule is CC(C)=CCO[C@@H]1CCOC[C@@H]1NC(=O)Cc1ccc(F)cc1F. The predicted molar refractivity (Wildman–Crippen MR) is 86.6 cm³/mol. The lowest BCUT2D eigenvalue weighted by molar-refractivity contribution is -0.125. The molecule has 132 valence electrons. The van der Waals surface area contributed by atoms with Crippen molar-refractivity contribution in [2.24, 2.45) is 0 Å². The maximum absolute atomic E-state index is 13.6. The Bertz CT molecular complexity index is 600. The Morgan fingerprint density at radius 2 is 2.21 bits per heavy atom. The highest BCUT2D eigenvalue weighted by atomic mass is 19.1. The largest absolute Gasteiger partial charge is 0.379 e. The first-order chi connectivity index (χ1) is 11.5. The van der Waals surface area contributed by atoms with Gasteiger partial charge in [-0.1, -0.05) is 17.7 Å². The highest BCUT2D eigenvalue weighted by molar-refractivity contribution is 5.79. The number of rotatable bonds is 6. The third-order valence-electron chi connectivity index (χ3n) is 3.81. The summed E-state index contributed by atoms with van der Waals surface area (Å²) >= 11 is 0. The van der Waals surface area contributed by atoms with Crippen LogP contribution in [0.4, 0.5) is 8.78 Å². The molecule has 1 saturated heterocycles. The summed E-state index contributed by atoms with van der Waals surface area (Å²) in [4.78, 5) is 12.2. The number of amides is 1. The number of benzene rings is 1. The Hall–Kier alpha value is -1.79. The summed E-state index contributed by atoms with van der Waals surface area (Å²) in [5.74, 6) is -1.72. The molecular formula is C18H23F2NO3. The molecule has 0 radical (unpaired) electrons. The van der Waals surface area contributed by atoms with E-state index in [0.29, 0.717) is 26.2 Å². The van der Waals surface area contributed by atoms with Crippen molar-refractivity contribution in [2.45, 2.75) is 38.8 Å². The minimum absolute atomic E-state index is 0.142. The van der Waals surface area contributed by atoms with Crippen LogP contribution in [0.1, 0.15) is 25.8 Å². The fourth-order valence-corrected chi connectivity index (χ4v) is 2.49. The van der Waals surface area contributed by atoms with Crippen molar-refractivity contribution in [1.29, 1.82) is 0 Å². The number of carbonyl (C=O) groups excluding carboxylic acids is 1. The van der Waals surface area contributed by atoms with Gasteiger partial charge in [-0.2, -0.15) is 0 Å². The third kappa shape index (κ3) is 5.69. The fourth-order valence-electron chi connectivity index (χ4n) is 2.49. The van der Waals surface area contributed by atoms with Gasteiger partial charge in [0.1, 0.15) is 11.6 Å². The number of allylic oxidation sites excluding steroid dienone is 1. The Morgan fingerprint density at radius 1 is 1.42 bits per heavy atom. The molecule has 0 unspecified atom stereocenters. The lowest BCUT2D eigenvalue weighted by Crippen LogP contribution is -2.51. The van der Waals surface area contributed by atoms with Crippen molar-refractivity contribution in [3.05, 3.63) is 47.0 Å². The second-order valence-corrected chi connectivity index (χ2v) is 6.10. The molecule has 1 amide bonds. The molecule has 1 fully saturated rings. The number of halogens is 2. The second kappa shape index (κ2) is 8.89. The summed E-state index contributed by atoms with van der Waals surface area (Å²) in [7, 11) is 0. The number of hydrogen-bond donors (Lipinski definition) is 1. The van der Waals surface area contributed by atoms with Crippen LogP contribution in [0.2, 0.25) is 0 Å². The van der Waals surface area contributed by atoms with E-state index in [1.807, 2.05) is 19.9 Å².